The fraction of sp³-hybridized carbons (Fsp3) is 0.478. The minimum atomic E-state index is -0.509. The zero-order valence-corrected chi connectivity index (χ0v) is 19.2. The second kappa shape index (κ2) is 9.07. The summed E-state index contributed by atoms with van der Waals surface area (Å²) in [6.07, 6.45) is 6.85. The van der Waals surface area contributed by atoms with E-state index in [1.54, 1.807) is 47.6 Å². The molecule has 4 atom stereocenters. The molecular weight excluding hydrogens is 438 g/mol. The van der Waals surface area contributed by atoms with Gasteiger partial charge in [-0.3, -0.25) is 9.59 Å². The number of amides is 1. The fourth-order valence-electron chi connectivity index (χ4n) is 4.71. The molecule has 4 N–H and O–H groups in total. The van der Waals surface area contributed by atoms with Gasteiger partial charge in [0.25, 0.3) is 11.5 Å². The van der Waals surface area contributed by atoms with E-state index in [9.17, 15) is 14.7 Å². The normalized spacial score (nSPS) is 24.1. The topological polar surface area (TPSA) is 135 Å². The number of carbonyl (C=O) groups is 1. The highest BCUT2D eigenvalue weighted by Gasteiger charge is 2.31. The van der Waals surface area contributed by atoms with Crippen LogP contribution in [0.5, 0.6) is 0 Å². The molecule has 1 amide bonds. The lowest BCUT2D eigenvalue weighted by atomic mass is 9.89. The second-order valence-electron chi connectivity index (χ2n) is 8.88. The van der Waals surface area contributed by atoms with Crippen LogP contribution in [-0.4, -0.2) is 62.6 Å². The number of nitrogens with one attached hydrogen (secondary N) is 3. The zero-order valence-electron chi connectivity index (χ0n) is 19.2. The summed E-state index contributed by atoms with van der Waals surface area (Å²) in [5.41, 5.74) is 0.824. The van der Waals surface area contributed by atoms with E-state index < -0.39 is 6.10 Å². The van der Waals surface area contributed by atoms with E-state index >= 15 is 0 Å². The van der Waals surface area contributed by atoms with Crippen LogP contribution in [0.2, 0.25) is 0 Å². The Hall–Kier alpha value is -3.44. The molecule has 3 aromatic rings. The zero-order chi connectivity index (χ0) is 23.8. The van der Waals surface area contributed by atoms with E-state index in [1.165, 1.54) is 6.20 Å². The lowest BCUT2D eigenvalue weighted by molar-refractivity contribution is 0.0300. The summed E-state index contributed by atoms with van der Waals surface area (Å²) in [5, 5.41) is 23.5. The molecule has 0 radical (unpaired) electrons. The Labute approximate surface area is 196 Å². The summed E-state index contributed by atoms with van der Waals surface area (Å²) in [7, 11) is 3.44. The number of nitrogens with zero attached hydrogens (tertiary/aromatic N) is 4. The monoisotopic (exact) mass is 467 g/mol. The van der Waals surface area contributed by atoms with Crippen LogP contribution >= 0.6 is 0 Å². The molecule has 5 rings (SSSR count). The summed E-state index contributed by atoms with van der Waals surface area (Å²) in [6.45, 7) is 0. The minimum Gasteiger partial charge on any atom is -0.391 e. The molecule has 0 aromatic carbocycles. The van der Waals surface area contributed by atoms with Crippen molar-refractivity contribution < 1.29 is 14.6 Å². The molecule has 34 heavy (non-hydrogen) atoms. The van der Waals surface area contributed by atoms with E-state index in [0.717, 1.165) is 25.7 Å². The highest BCUT2D eigenvalue weighted by atomic mass is 16.5. The summed E-state index contributed by atoms with van der Waals surface area (Å²) in [5.74, 6) is 0.762. The first-order chi connectivity index (χ1) is 16.5. The number of fused-ring (bicyclic) bond motifs is 1. The number of methoxy groups -OCH3 is 1. The molecule has 0 spiro atoms. The van der Waals surface area contributed by atoms with E-state index in [2.05, 4.69) is 26.0 Å². The number of aliphatic hydroxyl groups is 1. The second-order valence-corrected chi connectivity index (χ2v) is 8.88. The van der Waals surface area contributed by atoms with E-state index in [-0.39, 0.29) is 29.7 Å². The highest BCUT2D eigenvalue weighted by Crippen LogP contribution is 2.31. The van der Waals surface area contributed by atoms with Crippen molar-refractivity contribution in [3.8, 4) is 0 Å². The number of rotatable bonds is 7. The Kier molecular flexibility index (Phi) is 5.96. The Balaban J connectivity index is 1.43. The van der Waals surface area contributed by atoms with Crippen LogP contribution < -0.4 is 21.5 Å². The van der Waals surface area contributed by atoms with E-state index in [4.69, 9.17) is 4.74 Å². The van der Waals surface area contributed by atoms with Crippen LogP contribution in [0.4, 0.5) is 17.3 Å². The van der Waals surface area contributed by atoms with E-state index in [0.29, 0.717) is 35.0 Å². The average molecular weight is 468 g/mol. The van der Waals surface area contributed by atoms with Gasteiger partial charge in [0.15, 0.2) is 5.65 Å². The van der Waals surface area contributed by atoms with Gasteiger partial charge in [-0.2, -0.15) is 9.61 Å². The molecule has 0 unspecified atom stereocenters. The molecule has 180 valence electrons. The first-order valence-electron chi connectivity index (χ1n) is 11.5. The maximum Gasteiger partial charge on any atom is 0.274 e. The van der Waals surface area contributed by atoms with Crippen molar-refractivity contribution in [3.63, 3.8) is 0 Å². The average Bonchev–Trinajstić information content (AvgIpc) is 3.47. The highest BCUT2D eigenvalue weighted by molar-refractivity contribution is 6.00. The Morgan fingerprint density at radius 1 is 1.26 bits per heavy atom. The number of pyridine rings is 1. The number of aromatic nitrogens is 4. The van der Waals surface area contributed by atoms with Gasteiger partial charge in [-0.25, -0.2) is 4.98 Å². The van der Waals surface area contributed by atoms with Crippen molar-refractivity contribution in [1.82, 2.24) is 24.5 Å². The van der Waals surface area contributed by atoms with Crippen molar-refractivity contribution in [1.29, 1.82) is 0 Å². The molecule has 3 aromatic heterocycles. The van der Waals surface area contributed by atoms with Crippen molar-refractivity contribution in [2.75, 3.05) is 24.8 Å². The van der Waals surface area contributed by atoms with Crippen molar-refractivity contribution in [2.45, 2.75) is 56.4 Å². The van der Waals surface area contributed by atoms with Crippen LogP contribution in [0.25, 0.3) is 5.65 Å². The standard InChI is InChI=1S/C23H29N7O4/c1-24-20-11-19(27-16-4-3-9-29(23(16)33)17-7-8-18(17)31)28-21-15(12-25-30(20)21)22(32)26-13-5-6-14(10-13)34-2/h3-4,9,11-14,17-18,24,31H,5-8,10H2,1-2H3,(H,26,32)(H,27,28)/t13-,14-,17-,18+/m1/s1. The third kappa shape index (κ3) is 4.01. The lowest BCUT2D eigenvalue weighted by Crippen LogP contribution is -2.39. The number of hydrogen-bond acceptors (Lipinski definition) is 8. The predicted molar refractivity (Wildman–Crippen MR) is 127 cm³/mol. The van der Waals surface area contributed by atoms with Crippen LogP contribution in [0.3, 0.4) is 0 Å². The van der Waals surface area contributed by atoms with Crippen LogP contribution in [0.15, 0.2) is 35.4 Å². The quantitative estimate of drug-likeness (QED) is 0.412. The summed E-state index contributed by atoms with van der Waals surface area (Å²) < 4.78 is 8.51. The predicted octanol–water partition coefficient (Wildman–Crippen LogP) is 1.67. The first kappa shape index (κ1) is 22.4. The summed E-state index contributed by atoms with van der Waals surface area (Å²) in [6, 6.07) is 4.99. The molecule has 2 saturated carbocycles. The Morgan fingerprint density at radius 3 is 2.79 bits per heavy atom. The van der Waals surface area contributed by atoms with Crippen LogP contribution in [-0.2, 0) is 4.74 Å². The van der Waals surface area contributed by atoms with Gasteiger partial charge < -0.3 is 30.4 Å². The number of hydrogen-bond donors (Lipinski definition) is 4. The molecule has 11 heteroatoms. The molecule has 11 nitrogen and oxygen atoms in total. The third-order valence-electron chi connectivity index (χ3n) is 6.82. The fourth-order valence-corrected chi connectivity index (χ4v) is 4.71. The SMILES string of the molecule is CNc1cc(Nc2cccn([C@@H]3CC[C@@H]3O)c2=O)nc2c(C(=O)N[C@@H]3CC[C@@H](OC)C3)cnn12. The lowest BCUT2D eigenvalue weighted by Gasteiger charge is -2.34. The minimum absolute atomic E-state index is 0.0436. The molecule has 0 aliphatic heterocycles. The Bertz CT molecular complexity index is 1270. The van der Waals surface area contributed by atoms with Crippen molar-refractivity contribution in [2.24, 2.45) is 0 Å². The van der Waals surface area contributed by atoms with Gasteiger partial charge in [-0.15, -0.1) is 0 Å². The van der Waals surface area contributed by atoms with Crippen LogP contribution in [0, 0.1) is 0 Å². The van der Waals surface area contributed by atoms with E-state index in [1.807, 2.05) is 0 Å². The van der Waals surface area contributed by atoms with Gasteiger partial charge in [-0.1, -0.05) is 0 Å². The maximum absolute atomic E-state index is 13.0. The molecule has 2 aliphatic carbocycles. The molecule has 2 fully saturated rings. The molecule has 2 aliphatic rings. The summed E-state index contributed by atoms with van der Waals surface area (Å²) in [4.78, 5) is 30.6. The third-order valence-corrected chi connectivity index (χ3v) is 6.82. The Morgan fingerprint density at radius 2 is 2.12 bits per heavy atom. The van der Waals surface area contributed by atoms with Gasteiger partial charge in [0.2, 0.25) is 0 Å². The first-order valence-corrected chi connectivity index (χ1v) is 11.5. The molecule has 0 saturated heterocycles. The largest absolute Gasteiger partial charge is 0.391 e. The van der Waals surface area contributed by atoms with Gasteiger partial charge in [0.05, 0.1) is 24.4 Å². The van der Waals surface area contributed by atoms with Crippen molar-refractivity contribution in [3.05, 3.63) is 46.5 Å². The van der Waals surface area contributed by atoms with Crippen LogP contribution in [0.1, 0.15) is 48.5 Å². The molecule has 3 heterocycles. The summed E-state index contributed by atoms with van der Waals surface area (Å²) >= 11 is 0. The number of ether oxygens (including phenoxy) is 1. The van der Waals surface area contributed by atoms with Crippen molar-refractivity contribution >= 4 is 28.9 Å². The van der Waals surface area contributed by atoms with Gasteiger partial charge in [0.1, 0.15) is 22.9 Å². The van der Waals surface area contributed by atoms with Gasteiger partial charge >= 0.3 is 0 Å². The molecule has 0 bridgehead atoms. The number of anilines is 3. The number of carbonyl (C=O) groups excluding carboxylic acids is 1. The maximum atomic E-state index is 13.0. The number of aliphatic hydroxyl groups excluding tert-OH is 1. The van der Waals surface area contributed by atoms with Gasteiger partial charge in [-0.05, 0) is 44.2 Å². The van der Waals surface area contributed by atoms with Gasteiger partial charge in [0, 0.05) is 32.5 Å². The smallest absolute Gasteiger partial charge is 0.274 e. The molecular formula is C23H29N7O4.